The Morgan fingerprint density at radius 2 is 2.05 bits per heavy atom. The quantitative estimate of drug-likeness (QED) is 0.885. The molecule has 4 nitrogen and oxygen atoms in total. The summed E-state index contributed by atoms with van der Waals surface area (Å²) in [5, 5.41) is 18.1. The number of rotatable bonds is 3. The van der Waals surface area contributed by atoms with Gasteiger partial charge in [0.15, 0.2) is 0 Å². The maximum Gasteiger partial charge on any atom is 0.339 e. The van der Waals surface area contributed by atoms with Gasteiger partial charge in [-0.1, -0.05) is 27.5 Å². The molecule has 0 fully saturated rings. The Balaban J connectivity index is 2.39. The number of carbonyl (C=O) groups is 1. The Kier molecular flexibility index (Phi) is 4.28. The van der Waals surface area contributed by atoms with Crippen LogP contribution in [0.15, 0.2) is 40.9 Å². The molecule has 0 amide bonds. The number of aromatic carboxylic acids is 1. The van der Waals surface area contributed by atoms with E-state index in [0.717, 1.165) is 0 Å². The van der Waals surface area contributed by atoms with E-state index in [0.29, 0.717) is 15.8 Å². The second-order valence-electron chi connectivity index (χ2n) is 3.80. The van der Waals surface area contributed by atoms with Crippen LogP contribution in [-0.4, -0.2) is 11.1 Å². The molecule has 20 heavy (non-hydrogen) atoms. The average molecular weight is 353 g/mol. The van der Waals surface area contributed by atoms with Crippen molar-refractivity contribution < 1.29 is 14.6 Å². The van der Waals surface area contributed by atoms with Crippen molar-refractivity contribution in [3.8, 4) is 17.6 Å². The number of nitrogens with zero attached hydrogens (tertiary/aromatic N) is 1. The third-order valence-electron chi connectivity index (χ3n) is 2.46. The van der Waals surface area contributed by atoms with Gasteiger partial charge >= 0.3 is 5.97 Å². The summed E-state index contributed by atoms with van der Waals surface area (Å²) in [6.07, 6.45) is 0. The van der Waals surface area contributed by atoms with E-state index in [1.54, 1.807) is 18.2 Å². The standard InChI is InChI=1S/C14H7BrClNO3/c15-9-2-4-11(14(18)19)13(5-9)20-10-3-1-8(7-17)12(16)6-10/h1-6H,(H,18,19). The molecule has 0 aliphatic rings. The van der Waals surface area contributed by atoms with Gasteiger partial charge in [-0.3, -0.25) is 0 Å². The first-order chi connectivity index (χ1) is 9.51. The highest BCUT2D eigenvalue weighted by Gasteiger charge is 2.13. The molecule has 0 aliphatic heterocycles. The zero-order chi connectivity index (χ0) is 14.7. The summed E-state index contributed by atoms with van der Waals surface area (Å²) in [6, 6.07) is 11.1. The van der Waals surface area contributed by atoms with Crippen molar-refractivity contribution in [2.75, 3.05) is 0 Å². The summed E-state index contributed by atoms with van der Waals surface area (Å²) < 4.78 is 6.22. The molecule has 0 heterocycles. The topological polar surface area (TPSA) is 70.3 Å². The number of hydrogen-bond acceptors (Lipinski definition) is 3. The molecule has 1 N–H and O–H groups in total. The zero-order valence-corrected chi connectivity index (χ0v) is 12.3. The summed E-state index contributed by atoms with van der Waals surface area (Å²) in [5.41, 5.74) is 0.361. The molecule has 0 radical (unpaired) electrons. The number of benzene rings is 2. The molecular formula is C14H7BrClNO3. The summed E-state index contributed by atoms with van der Waals surface area (Å²) in [7, 11) is 0. The van der Waals surface area contributed by atoms with Crippen molar-refractivity contribution in [2.45, 2.75) is 0 Å². The number of nitriles is 1. The molecule has 0 spiro atoms. The summed E-state index contributed by atoms with van der Waals surface area (Å²) in [4.78, 5) is 11.1. The maximum absolute atomic E-state index is 11.1. The van der Waals surface area contributed by atoms with E-state index >= 15 is 0 Å². The number of carboxylic acid groups (broad SMARTS) is 1. The van der Waals surface area contributed by atoms with Crippen molar-refractivity contribution >= 4 is 33.5 Å². The number of halogens is 2. The predicted molar refractivity (Wildman–Crippen MR) is 77.3 cm³/mol. The van der Waals surface area contributed by atoms with Crippen LogP contribution in [0.2, 0.25) is 5.02 Å². The first kappa shape index (κ1) is 14.4. The molecule has 0 saturated carbocycles. The summed E-state index contributed by atoms with van der Waals surface area (Å²) in [5.74, 6) is -0.547. The molecule has 0 aliphatic carbocycles. The fraction of sp³-hybridized carbons (Fsp3) is 0. The second kappa shape index (κ2) is 5.95. The van der Waals surface area contributed by atoms with Gasteiger partial charge in [0.1, 0.15) is 23.1 Å². The van der Waals surface area contributed by atoms with Crippen LogP contribution in [-0.2, 0) is 0 Å². The number of carboxylic acids is 1. The Labute approximate surface area is 128 Å². The van der Waals surface area contributed by atoms with Gasteiger partial charge in [-0.25, -0.2) is 4.79 Å². The molecule has 0 bridgehead atoms. The van der Waals surface area contributed by atoms with Crippen molar-refractivity contribution in [3.63, 3.8) is 0 Å². The number of hydrogen-bond donors (Lipinski definition) is 1. The van der Waals surface area contributed by atoms with Gasteiger partial charge in [0, 0.05) is 10.5 Å². The van der Waals surface area contributed by atoms with Gasteiger partial charge in [0.05, 0.1) is 10.6 Å². The van der Waals surface area contributed by atoms with Crippen LogP contribution in [0.5, 0.6) is 11.5 Å². The smallest absolute Gasteiger partial charge is 0.339 e. The van der Waals surface area contributed by atoms with Gasteiger partial charge in [-0.2, -0.15) is 5.26 Å². The third-order valence-corrected chi connectivity index (χ3v) is 3.27. The lowest BCUT2D eigenvalue weighted by Crippen LogP contribution is -2.00. The monoisotopic (exact) mass is 351 g/mol. The molecule has 2 rings (SSSR count). The Morgan fingerprint density at radius 1 is 1.30 bits per heavy atom. The Morgan fingerprint density at radius 3 is 2.65 bits per heavy atom. The molecular weight excluding hydrogens is 346 g/mol. The third kappa shape index (κ3) is 3.10. The van der Waals surface area contributed by atoms with Gasteiger partial charge in [0.25, 0.3) is 0 Å². The molecule has 6 heteroatoms. The molecule has 100 valence electrons. The van der Waals surface area contributed by atoms with Crippen LogP contribution in [0.4, 0.5) is 0 Å². The van der Waals surface area contributed by atoms with E-state index < -0.39 is 5.97 Å². The van der Waals surface area contributed by atoms with Crippen LogP contribution >= 0.6 is 27.5 Å². The van der Waals surface area contributed by atoms with Gasteiger partial charge in [-0.05, 0) is 30.3 Å². The van der Waals surface area contributed by atoms with Crippen LogP contribution < -0.4 is 4.74 Å². The van der Waals surface area contributed by atoms with E-state index in [1.807, 2.05) is 6.07 Å². The van der Waals surface area contributed by atoms with Crippen molar-refractivity contribution in [3.05, 3.63) is 57.0 Å². The van der Waals surface area contributed by atoms with Crippen molar-refractivity contribution in [1.29, 1.82) is 5.26 Å². The molecule has 0 atom stereocenters. The Hall–Kier alpha value is -2.03. The lowest BCUT2D eigenvalue weighted by Gasteiger charge is -2.09. The van der Waals surface area contributed by atoms with Crippen LogP contribution in [0.1, 0.15) is 15.9 Å². The predicted octanol–water partition coefficient (Wildman–Crippen LogP) is 4.46. The first-order valence-corrected chi connectivity index (χ1v) is 6.58. The Bertz CT molecular complexity index is 725. The average Bonchev–Trinajstić information content (AvgIpc) is 2.38. The van der Waals surface area contributed by atoms with Crippen LogP contribution in [0.3, 0.4) is 0 Å². The van der Waals surface area contributed by atoms with E-state index in [1.165, 1.54) is 18.2 Å². The number of ether oxygens (including phenoxy) is 1. The largest absolute Gasteiger partial charge is 0.478 e. The lowest BCUT2D eigenvalue weighted by molar-refractivity contribution is 0.0694. The van der Waals surface area contributed by atoms with E-state index in [4.69, 9.17) is 26.7 Å². The summed E-state index contributed by atoms with van der Waals surface area (Å²) in [6.45, 7) is 0. The van der Waals surface area contributed by atoms with Crippen LogP contribution in [0, 0.1) is 11.3 Å². The first-order valence-electron chi connectivity index (χ1n) is 5.41. The molecule has 2 aromatic carbocycles. The SMILES string of the molecule is N#Cc1ccc(Oc2cc(Br)ccc2C(=O)O)cc1Cl. The zero-order valence-electron chi connectivity index (χ0n) is 9.93. The van der Waals surface area contributed by atoms with Crippen molar-refractivity contribution in [1.82, 2.24) is 0 Å². The molecule has 0 aromatic heterocycles. The van der Waals surface area contributed by atoms with Gasteiger partial charge < -0.3 is 9.84 Å². The highest BCUT2D eigenvalue weighted by molar-refractivity contribution is 9.10. The highest BCUT2D eigenvalue weighted by atomic mass is 79.9. The molecule has 0 unspecified atom stereocenters. The minimum absolute atomic E-state index is 0.0358. The fourth-order valence-electron chi connectivity index (χ4n) is 1.53. The maximum atomic E-state index is 11.1. The molecule has 2 aromatic rings. The van der Waals surface area contributed by atoms with Gasteiger partial charge in [0.2, 0.25) is 0 Å². The minimum Gasteiger partial charge on any atom is -0.478 e. The fourth-order valence-corrected chi connectivity index (χ4v) is 2.09. The van der Waals surface area contributed by atoms with E-state index in [2.05, 4.69) is 15.9 Å². The normalized spacial score (nSPS) is 9.85. The minimum atomic E-state index is -1.09. The van der Waals surface area contributed by atoms with E-state index in [9.17, 15) is 4.79 Å². The second-order valence-corrected chi connectivity index (χ2v) is 5.12. The van der Waals surface area contributed by atoms with E-state index in [-0.39, 0.29) is 16.3 Å². The highest BCUT2D eigenvalue weighted by Crippen LogP contribution is 2.31. The lowest BCUT2D eigenvalue weighted by atomic mass is 10.2. The van der Waals surface area contributed by atoms with Crippen LogP contribution in [0.25, 0.3) is 0 Å². The molecule has 0 saturated heterocycles. The van der Waals surface area contributed by atoms with Gasteiger partial charge in [-0.15, -0.1) is 0 Å². The van der Waals surface area contributed by atoms with Crippen molar-refractivity contribution in [2.24, 2.45) is 0 Å². The summed E-state index contributed by atoms with van der Waals surface area (Å²) >= 11 is 9.16.